The summed E-state index contributed by atoms with van der Waals surface area (Å²) in [5, 5.41) is 8.82. The monoisotopic (exact) mass is 320 g/mol. The number of pyridine rings is 1. The number of nitrogens with one attached hydrogen (secondary N) is 1. The molecule has 1 N–H and O–H groups in total. The maximum absolute atomic E-state index is 11.6. The van der Waals surface area contributed by atoms with Crippen LogP contribution < -0.4 is 5.32 Å². The van der Waals surface area contributed by atoms with Gasteiger partial charge in [-0.1, -0.05) is 6.08 Å². The Bertz CT molecular complexity index is 555. The van der Waals surface area contributed by atoms with Gasteiger partial charge in [0.05, 0.1) is 10.7 Å². The van der Waals surface area contributed by atoms with Crippen LogP contribution in [0.15, 0.2) is 40.6 Å². The molecule has 1 rings (SSSR count). The predicted molar refractivity (Wildman–Crippen MR) is 88.8 cm³/mol. The molecule has 22 heavy (non-hydrogen) atoms. The lowest BCUT2D eigenvalue weighted by Gasteiger charge is -2.12. The van der Waals surface area contributed by atoms with Crippen molar-refractivity contribution in [1.29, 1.82) is 0 Å². The zero-order valence-corrected chi connectivity index (χ0v) is 13.8. The third-order valence-electron chi connectivity index (χ3n) is 2.60. The van der Waals surface area contributed by atoms with Gasteiger partial charge in [-0.2, -0.15) is 5.10 Å². The number of amides is 2. The zero-order chi connectivity index (χ0) is 16.4. The normalized spacial score (nSPS) is 11.5. The summed E-state index contributed by atoms with van der Waals surface area (Å²) in [6.07, 6.45) is 7.76. The zero-order valence-electron chi connectivity index (χ0n) is 12.9. The van der Waals surface area contributed by atoms with Crippen LogP contribution in [0.25, 0.3) is 0 Å². The van der Waals surface area contributed by atoms with Crippen molar-refractivity contribution in [3.63, 3.8) is 0 Å². The van der Waals surface area contributed by atoms with E-state index in [1.807, 2.05) is 38.3 Å². The summed E-state index contributed by atoms with van der Waals surface area (Å²) in [6, 6.07) is 3.76. The molecule has 1 aromatic heterocycles. The number of thioether (sulfide) groups is 1. The molecule has 1 heterocycles. The highest BCUT2D eigenvalue weighted by molar-refractivity contribution is 7.98. The lowest BCUT2D eigenvalue weighted by molar-refractivity contribution is -0.127. The number of nitrogens with zero attached hydrogens (tertiary/aromatic N) is 3. The minimum Gasteiger partial charge on any atom is -0.355 e. The van der Waals surface area contributed by atoms with Crippen molar-refractivity contribution >= 4 is 29.8 Å². The van der Waals surface area contributed by atoms with Crippen LogP contribution in [0.1, 0.15) is 19.4 Å². The molecule has 0 unspecified atom stereocenters. The van der Waals surface area contributed by atoms with E-state index in [0.29, 0.717) is 18.7 Å². The average Bonchev–Trinajstić information content (AvgIpc) is 2.54. The van der Waals surface area contributed by atoms with Crippen molar-refractivity contribution in [2.45, 2.75) is 18.9 Å². The van der Waals surface area contributed by atoms with Crippen LogP contribution in [0.2, 0.25) is 0 Å². The molecule has 0 spiro atoms. The fourth-order valence-electron chi connectivity index (χ4n) is 1.63. The third-order valence-corrected chi connectivity index (χ3v) is 3.26. The van der Waals surface area contributed by atoms with Gasteiger partial charge in [0.25, 0.3) is 0 Å². The van der Waals surface area contributed by atoms with Gasteiger partial charge in [0.1, 0.15) is 6.54 Å². The fraction of sp³-hybridized carbons (Fsp3) is 0.333. The van der Waals surface area contributed by atoms with Crippen molar-refractivity contribution < 1.29 is 9.59 Å². The lowest BCUT2D eigenvalue weighted by Crippen LogP contribution is -2.34. The standard InChI is InChI=1S/C15H20N4O2S/c1-4-6-13(12-7-8-15(22-3)17-9-12)18-19(11-20)10-14(21)16-5-2/h4,6-9,11H,5,10H2,1-3H3,(H,16,21)/b6-4-,18-13+. The van der Waals surface area contributed by atoms with E-state index in [0.717, 1.165) is 15.6 Å². The van der Waals surface area contributed by atoms with Crippen molar-refractivity contribution in [2.24, 2.45) is 5.10 Å². The SMILES string of the molecule is C/C=C\C(=N/N(C=O)CC(=O)NCC)c1ccc(SC)nc1. The molecule has 0 atom stereocenters. The van der Waals surface area contributed by atoms with Crippen LogP contribution in [0.3, 0.4) is 0 Å². The molecule has 0 aromatic carbocycles. The van der Waals surface area contributed by atoms with Crippen LogP contribution in [0.5, 0.6) is 0 Å². The molecule has 0 bridgehead atoms. The van der Waals surface area contributed by atoms with E-state index in [-0.39, 0.29) is 12.5 Å². The minimum atomic E-state index is -0.256. The quantitative estimate of drug-likeness (QED) is 0.342. The molecule has 0 saturated carbocycles. The number of rotatable bonds is 8. The number of hydrazone groups is 1. The fourth-order valence-corrected chi connectivity index (χ4v) is 1.99. The summed E-state index contributed by atoms with van der Waals surface area (Å²) in [6.45, 7) is 4.07. The van der Waals surface area contributed by atoms with Gasteiger partial charge in [-0.25, -0.2) is 9.99 Å². The maximum Gasteiger partial charge on any atom is 0.241 e. The number of carbonyl (C=O) groups excluding carboxylic acids is 2. The topological polar surface area (TPSA) is 74.7 Å². The Labute approximate surface area is 134 Å². The summed E-state index contributed by atoms with van der Waals surface area (Å²) in [5.41, 5.74) is 1.35. The second kappa shape index (κ2) is 9.73. The molecule has 2 amide bonds. The highest BCUT2D eigenvalue weighted by Crippen LogP contribution is 2.12. The van der Waals surface area contributed by atoms with E-state index in [9.17, 15) is 9.59 Å². The first kappa shape index (κ1) is 17.9. The number of likely N-dealkylation sites (N-methyl/N-ethyl adjacent to an activating group) is 1. The lowest BCUT2D eigenvalue weighted by atomic mass is 10.2. The van der Waals surface area contributed by atoms with Gasteiger partial charge in [-0.05, 0) is 38.3 Å². The number of carbonyl (C=O) groups is 2. The van der Waals surface area contributed by atoms with Gasteiger partial charge in [0, 0.05) is 18.3 Å². The Morgan fingerprint density at radius 2 is 2.27 bits per heavy atom. The molecule has 0 saturated heterocycles. The Balaban J connectivity index is 2.99. The van der Waals surface area contributed by atoms with Crippen LogP contribution in [-0.4, -0.2) is 47.4 Å². The molecule has 0 fully saturated rings. The van der Waals surface area contributed by atoms with Gasteiger partial charge in [-0.3, -0.25) is 9.59 Å². The molecule has 0 radical (unpaired) electrons. The molecule has 118 valence electrons. The molecule has 7 heteroatoms. The summed E-state index contributed by atoms with van der Waals surface area (Å²) >= 11 is 1.55. The van der Waals surface area contributed by atoms with Gasteiger partial charge < -0.3 is 5.32 Å². The highest BCUT2D eigenvalue weighted by atomic mass is 32.2. The van der Waals surface area contributed by atoms with Crippen LogP contribution >= 0.6 is 11.8 Å². The highest BCUT2D eigenvalue weighted by Gasteiger charge is 2.09. The number of aromatic nitrogens is 1. The largest absolute Gasteiger partial charge is 0.355 e. The van der Waals surface area contributed by atoms with Crippen molar-refractivity contribution in [2.75, 3.05) is 19.3 Å². The van der Waals surface area contributed by atoms with Crippen LogP contribution in [-0.2, 0) is 9.59 Å². The minimum absolute atomic E-state index is 0.116. The third kappa shape index (κ3) is 5.69. The van der Waals surface area contributed by atoms with Gasteiger partial charge >= 0.3 is 0 Å². The molecule has 0 aliphatic carbocycles. The van der Waals surface area contributed by atoms with Crippen molar-refractivity contribution in [1.82, 2.24) is 15.3 Å². The number of hydrogen-bond acceptors (Lipinski definition) is 5. The average molecular weight is 320 g/mol. The van der Waals surface area contributed by atoms with E-state index < -0.39 is 0 Å². The van der Waals surface area contributed by atoms with Crippen LogP contribution in [0.4, 0.5) is 0 Å². The first-order valence-corrected chi connectivity index (χ1v) is 8.07. The van der Waals surface area contributed by atoms with Gasteiger partial charge in [0.2, 0.25) is 12.3 Å². The second-order valence-corrected chi connectivity index (χ2v) is 5.06. The van der Waals surface area contributed by atoms with E-state index in [1.165, 1.54) is 0 Å². The smallest absolute Gasteiger partial charge is 0.241 e. The Morgan fingerprint density at radius 1 is 1.50 bits per heavy atom. The van der Waals surface area contributed by atoms with Crippen molar-refractivity contribution in [3.8, 4) is 0 Å². The van der Waals surface area contributed by atoms with Crippen molar-refractivity contribution in [3.05, 3.63) is 36.0 Å². The first-order chi connectivity index (χ1) is 10.6. The van der Waals surface area contributed by atoms with Crippen LogP contribution in [0, 0.1) is 0 Å². The molecular weight excluding hydrogens is 300 g/mol. The molecular formula is C15H20N4O2S. The van der Waals surface area contributed by atoms with Gasteiger partial charge in [0.15, 0.2) is 0 Å². The Kier molecular flexibility index (Phi) is 7.91. The van der Waals surface area contributed by atoms with E-state index in [4.69, 9.17) is 0 Å². The number of allylic oxidation sites excluding steroid dienone is 2. The molecule has 1 aromatic rings. The molecule has 0 aliphatic heterocycles. The summed E-state index contributed by atoms with van der Waals surface area (Å²) in [7, 11) is 0. The van der Waals surface area contributed by atoms with E-state index >= 15 is 0 Å². The van der Waals surface area contributed by atoms with Gasteiger partial charge in [-0.15, -0.1) is 11.8 Å². The summed E-state index contributed by atoms with van der Waals surface area (Å²) in [4.78, 5) is 27.0. The summed E-state index contributed by atoms with van der Waals surface area (Å²) in [5.74, 6) is -0.256. The van der Waals surface area contributed by atoms with E-state index in [1.54, 1.807) is 24.0 Å². The summed E-state index contributed by atoms with van der Waals surface area (Å²) < 4.78 is 0. The Morgan fingerprint density at radius 3 is 2.77 bits per heavy atom. The maximum atomic E-state index is 11.6. The van der Waals surface area contributed by atoms with E-state index in [2.05, 4.69) is 15.4 Å². The second-order valence-electron chi connectivity index (χ2n) is 4.23. The molecule has 0 aliphatic rings. The number of hydrogen-bond donors (Lipinski definition) is 1. The first-order valence-electron chi connectivity index (χ1n) is 6.84. The molecule has 6 nitrogen and oxygen atoms in total. The predicted octanol–water partition coefficient (Wildman–Crippen LogP) is 1.68. The Hall–Kier alpha value is -2.15.